The summed E-state index contributed by atoms with van der Waals surface area (Å²) in [5.74, 6) is -0.119. The molecule has 0 saturated carbocycles. The van der Waals surface area contributed by atoms with E-state index in [0.29, 0.717) is 23.9 Å². The molecule has 0 fully saturated rings. The molecule has 2 N–H and O–H groups in total. The average Bonchev–Trinajstić information content (AvgIpc) is 2.77. The number of carboxylic acid groups (broad SMARTS) is 1. The Hall–Kier alpha value is -1.88. The molecule has 1 heterocycles. The van der Waals surface area contributed by atoms with Gasteiger partial charge >= 0.3 is 5.97 Å². The summed E-state index contributed by atoms with van der Waals surface area (Å²) in [5, 5.41) is 18.7. The van der Waals surface area contributed by atoms with Gasteiger partial charge in [-0.05, 0) is 32.4 Å². The Labute approximate surface area is 117 Å². The molecule has 0 unspecified atom stereocenters. The van der Waals surface area contributed by atoms with Gasteiger partial charge < -0.3 is 14.8 Å². The Bertz CT molecular complexity index is 644. The van der Waals surface area contributed by atoms with Gasteiger partial charge in [-0.15, -0.1) is 0 Å². The molecule has 0 saturated heterocycles. The van der Waals surface area contributed by atoms with Crippen LogP contribution < -0.4 is 0 Å². The Morgan fingerprint density at radius 1 is 1.40 bits per heavy atom. The number of imidazole rings is 1. The zero-order chi connectivity index (χ0) is 14.9. The number of carboxylic acids is 1. The van der Waals surface area contributed by atoms with E-state index in [1.807, 2.05) is 31.4 Å². The highest BCUT2D eigenvalue weighted by molar-refractivity contribution is 6.01. The third kappa shape index (κ3) is 2.29. The number of aryl methyl sites for hydroxylation is 1. The third-order valence-corrected chi connectivity index (χ3v) is 3.62. The van der Waals surface area contributed by atoms with Gasteiger partial charge in [0.2, 0.25) is 0 Å². The van der Waals surface area contributed by atoms with Crippen LogP contribution in [0.15, 0.2) is 18.2 Å². The minimum atomic E-state index is -0.959. The fraction of sp³-hybridized carbons (Fsp3) is 0.467. The molecule has 0 amide bonds. The second-order valence-corrected chi connectivity index (χ2v) is 5.48. The van der Waals surface area contributed by atoms with Gasteiger partial charge in [-0.1, -0.05) is 13.0 Å². The van der Waals surface area contributed by atoms with E-state index in [-0.39, 0.29) is 17.7 Å². The van der Waals surface area contributed by atoms with E-state index < -0.39 is 5.97 Å². The lowest BCUT2D eigenvalue weighted by atomic mass is 9.99. The summed E-state index contributed by atoms with van der Waals surface area (Å²) in [5.41, 5.74) is 1.18. The van der Waals surface area contributed by atoms with Crippen molar-refractivity contribution in [3.63, 3.8) is 0 Å². The number of para-hydroxylation sites is 1. The smallest absolute Gasteiger partial charge is 0.337 e. The molecule has 5 heteroatoms. The number of aromatic carboxylic acids is 1. The molecule has 0 radical (unpaired) electrons. The number of rotatable bonds is 5. The number of hydrogen-bond acceptors (Lipinski definition) is 3. The summed E-state index contributed by atoms with van der Waals surface area (Å²) < 4.78 is 1.96. The van der Waals surface area contributed by atoms with Gasteiger partial charge in [0.25, 0.3) is 0 Å². The highest BCUT2D eigenvalue weighted by Crippen LogP contribution is 2.30. The maximum atomic E-state index is 11.5. The Morgan fingerprint density at radius 3 is 2.65 bits per heavy atom. The maximum Gasteiger partial charge on any atom is 0.337 e. The second-order valence-electron chi connectivity index (χ2n) is 5.48. The maximum absolute atomic E-state index is 11.5. The summed E-state index contributed by atoms with van der Waals surface area (Å²) in [7, 11) is 0. The molecular weight excluding hydrogens is 256 g/mol. The van der Waals surface area contributed by atoms with Gasteiger partial charge in [-0.25, -0.2) is 9.78 Å². The third-order valence-electron chi connectivity index (χ3n) is 3.62. The largest absolute Gasteiger partial charge is 0.478 e. The first kappa shape index (κ1) is 14.5. The number of benzene rings is 1. The number of aromatic nitrogens is 2. The number of hydrogen-bond donors (Lipinski definition) is 2. The van der Waals surface area contributed by atoms with Crippen LogP contribution in [0.4, 0.5) is 0 Å². The van der Waals surface area contributed by atoms with Crippen LogP contribution in [0.2, 0.25) is 0 Å². The molecule has 0 aliphatic heterocycles. The standard InChI is InChI=1S/C15H20N2O3/c1-4-12-16-11-7-5-6-10(14(19)20)13(11)17(12)15(2,3)8-9-18/h5-7,18H,4,8-9H2,1-3H3,(H,19,20). The van der Waals surface area contributed by atoms with Crippen LogP contribution in [0.5, 0.6) is 0 Å². The van der Waals surface area contributed by atoms with Crippen molar-refractivity contribution in [3.05, 3.63) is 29.6 Å². The Kier molecular flexibility index (Phi) is 3.81. The van der Waals surface area contributed by atoms with Crippen molar-refractivity contribution < 1.29 is 15.0 Å². The van der Waals surface area contributed by atoms with E-state index >= 15 is 0 Å². The summed E-state index contributed by atoms with van der Waals surface area (Å²) in [6.45, 7) is 6.02. The van der Waals surface area contributed by atoms with Crippen LogP contribution in [-0.2, 0) is 12.0 Å². The molecule has 20 heavy (non-hydrogen) atoms. The summed E-state index contributed by atoms with van der Waals surface area (Å²) in [6, 6.07) is 5.13. The Balaban J connectivity index is 2.82. The molecular formula is C15H20N2O3. The van der Waals surface area contributed by atoms with Crippen LogP contribution in [0.25, 0.3) is 11.0 Å². The van der Waals surface area contributed by atoms with Crippen molar-refractivity contribution in [2.75, 3.05) is 6.61 Å². The summed E-state index contributed by atoms with van der Waals surface area (Å²) >= 11 is 0. The molecule has 0 bridgehead atoms. The molecule has 1 aromatic heterocycles. The fourth-order valence-corrected chi connectivity index (χ4v) is 2.62. The minimum Gasteiger partial charge on any atom is -0.478 e. The number of fused-ring (bicyclic) bond motifs is 1. The van der Waals surface area contributed by atoms with Crippen LogP contribution in [-0.4, -0.2) is 32.3 Å². The first-order chi connectivity index (χ1) is 9.42. The van der Waals surface area contributed by atoms with Crippen molar-refractivity contribution in [1.29, 1.82) is 0 Å². The molecule has 2 aromatic rings. The van der Waals surface area contributed by atoms with Gasteiger partial charge in [-0.2, -0.15) is 0 Å². The molecule has 0 aliphatic carbocycles. The first-order valence-electron chi connectivity index (χ1n) is 6.77. The van der Waals surface area contributed by atoms with Crippen LogP contribution in [0, 0.1) is 0 Å². The van der Waals surface area contributed by atoms with E-state index in [0.717, 1.165) is 5.82 Å². The lowest BCUT2D eigenvalue weighted by Crippen LogP contribution is -2.29. The SMILES string of the molecule is CCc1nc2cccc(C(=O)O)c2n1C(C)(C)CCO. The Morgan fingerprint density at radius 2 is 2.10 bits per heavy atom. The summed E-state index contributed by atoms with van der Waals surface area (Å²) in [6.07, 6.45) is 1.25. The predicted octanol–water partition coefficient (Wildman–Crippen LogP) is 2.41. The monoisotopic (exact) mass is 276 g/mol. The van der Waals surface area contributed by atoms with Crippen molar-refractivity contribution in [2.24, 2.45) is 0 Å². The average molecular weight is 276 g/mol. The topological polar surface area (TPSA) is 75.3 Å². The quantitative estimate of drug-likeness (QED) is 0.879. The van der Waals surface area contributed by atoms with Gasteiger partial charge in [0, 0.05) is 18.6 Å². The van der Waals surface area contributed by atoms with Crippen molar-refractivity contribution in [3.8, 4) is 0 Å². The normalized spacial score (nSPS) is 12.0. The number of carbonyl (C=O) groups is 1. The molecule has 0 atom stereocenters. The highest BCUT2D eigenvalue weighted by Gasteiger charge is 2.27. The van der Waals surface area contributed by atoms with E-state index in [4.69, 9.17) is 0 Å². The molecule has 5 nitrogen and oxygen atoms in total. The molecule has 108 valence electrons. The zero-order valence-electron chi connectivity index (χ0n) is 12.1. The van der Waals surface area contributed by atoms with Gasteiger partial charge in [0.15, 0.2) is 0 Å². The van der Waals surface area contributed by atoms with Gasteiger partial charge in [0.1, 0.15) is 5.82 Å². The van der Waals surface area contributed by atoms with E-state index in [9.17, 15) is 15.0 Å². The summed E-state index contributed by atoms with van der Waals surface area (Å²) in [4.78, 5) is 16.0. The van der Waals surface area contributed by atoms with E-state index in [1.165, 1.54) is 0 Å². The van der Waals surface area contributed by atoms with Gasteiger partial charge in [0.05, 0.1) is 16.6 Å². The fourth-order valence-electron chi connectivity index (χ4n) is 2.62. The number of nitrogens with zero attached hydrogens (tertiary/aromatic N) is 2. The number of aliphatic hydroxyl groups is 1. The lowest BCUT2D eigenvalue weighted by molar-refractivity contribution is 0.0698. The molecule has 2 rings (SSSR count). The minimum absolute atomic E-state index is 0.0467. The zero-order valence-corrected chi connectivity index (χ0v) is 12.1. The predicted molar refractivity (Wildman–Crippen MR) is 77.1 cm³/mol. The van der Waals surface area contributed by atoms with Crippen molar-refractivity contribution in [1.82, 2.24) is 9.55 Å². The second kappa shape index (κ2) is 5.25. The molecule has 0 spiro atoms. The first-order valence-corrected chi connectivity index (χ1v) is 6.77. The lowest BCUT2D eigenvalue weighted by Gasteiger charge is -2.29. The van der Waals surface area contributed by atoms with Gasteiger partial charge in [-0.3, -0.25) is 0 Å². The van der Waals surface area contributed by atoms with Crippen molar-refractivity contribution in [2.45, 2.75) is 39.2 Å². The van der Waals surface area contributed by atoms with E-state index in [1.54, 1.807) is 12.1 Å². The van der Waals surface area contributed by atoms with Crippen LogP contribution in [0.1, 0.15) is 43.4 Å². The highest BCUT2D eigenvalue weighted by atomic mass is 16.4. The van der Waals surface area contributed by atoms with Crippen LogP contribution >= 0.6 is 0 Å². The van der Waals surface area contributed by atoms with E-state index in [2.05, 4.69) is 4.98 Å². The molecule has 0 aliphatic rings. The number of aliphatic hydroxyl groups excluding tert-OH is 1. The van der Waals surface area contributed by atoms with Crippen molar-refractivity contribution >= 4 is 17.0 Å². The van der Waals surface area contributed by atoms with Crippen LogP contribution in [0.3, 0.4) is 0 Å². The molecule has 1 aromatic carbocycles.